The summed E-state index contributed by atoms with van der Waals surface area (Å²) in [7, 11) is -3.54. The highest BCUT2D eigenvalue weighted by Crippen LogP contribution is 2.26. The molecule has 0 fully saturated rings. The first-order chi connectivity index (χ1) is 7.73. The van der Waals surface area contributed by atoms with Crippen LogP contribution in [0.25, 0.3) is 0 Å². The van der Waals surface area contributed by atoms with Crippen LogP contribution in [0.15, 0.2) is 23.1 Å². The number of hydrogen-bond donors (Lipinski definition) is 3. The Balaban J connectivity index is 3.27. The van der Waals surface area contributed by atoms with Crippen molar-refractivity contribution >= 4 is 15.8 Å². The van der Waals surface area contributed by atoms with Crippen LogP contribution in [0, 0.1) is 0 Å². The number of carboxylic acids is 1. The summed E-state index contributed by atoms with van der Waals surface area (Å²) in [6.07, 6.45) is 0.738. The lowest BCUT2D eigenvalue weighted by Gasteiger charge is -2.12. The molecule has 94 valence electrons. The number of phenolic OH excluding ortho intramolecular Hbond substituents is 1. The summed E-state index contributed by atoms with van der Waals surface area (Å²) < 4.78 is 22.9. The maximum absolute atomic E-state index is 11.5. The third-order valence-corrected chi connectivity index (χ3v) is 3.43. The van der Waals surface area contributed by atoms with E-state index in [2.05, 4.69) is 0 Å². The summed E-state index contributed by atoms with van der Waals surface area (Å²) in [5.74, 6) is -1.53. The van der Waals surface area contributed by atoms with Gasteiger partial charge in [-0.25, -0.2) is 8.42 Å². The molecule has 0 aliphatic rings. The van der Waals surface area contributed by atoms with Crippen molar-refractivity contribution in [2.75, 3.05) is 6.26 Å². The number of aliphatic carboxylic acids is 1. The first-order valence-electron chi connectivity index (χ1n) is 4.72. The molecule has 0 spiro atoms. The first kappa shape index (κ1) is 13.5. The molecule has 0 saturated carbocycles. The average molecular weight is 259 g/mol. The molecule has 17 heavy (non-hydrogen) atoms. The molecule has 0 bridgehead atoms. The van der Waals surface area contributed by atoms with Crippen molar-refractivity contribution in [1.82, 2.24) is 0 Å². The summed E-state index contributed by atoms with van der Waals surface area (Å²) in [4.78, 5) is 10.5. The summed E-state index contributed by atoms with van der Waals surface area (Å²) in [6.45, 7) is 0. The van der Waals surface area contributed by atoms with E-state index in [0.29, 0.717) is 0 Å². The SMILES string of the molecule is CS(=O)(=O)c1cccc(O)c1CC(N)C(=O)O. The Morgan fingerprint density at radius 2 is 2.06 bits per heavy atom. The molecule has 1 aromatic carbocycles. The van der Waals surface area contributed by atoms with Crippen LogP contribution >= 0.6 is 0 Å². The summed E-state index contributed by atoms with van der Waals surface area (Å²) in [5.41, 5.74) is 5.36. The summed E-state index contributed by atoms with van der Waals surface area (Å²) >= 11 is 0. The lowest BCUT2D eigenvalue weighted by molar-refractivity contribution is -0.138. The predicted octanol–water partition coefficient (Wildman–Crippen LogP) is -0.250. The minimum Gasteiger partial charge on any atom is -0.508 e. The number of carbonyl (C=O) groups is 1. The van der Waals surface area contributed by atoms with Crippen molar-refractivity contribution in [3.63, 3.8) is 0 Å². The molecular formula is C10H13NO5S. The zero-order valence-electron chi connectivity index (χ0n) is 9.12. The Morgan fingerprint density at radius 3 is 2.53 bits per heavy atom. The van der Waals surface area contributed by atoms with Crippen molar-refractivity contribution in [2.24, 2.45) is 5.73 Å². The van der Waals surface area contributed by atoms with E-state index in [0.717, 1.165) is 6.26 Å². The largest absolute Gasteiger partial charge is 0.508 e. The number of rotatable bonds is 4. The Hall–Kier alpha value is -1.60. The Morgan fingerprint density at radius 1 is 1.47 bits per heavy atom. The lowest BCUT2D eigenvalue weighted by atomic mass is 10.1. The van der Waals surface area contributed by atoms with E-state index in [4.69, 9.17) is 10.8 Å². The molecule has 0 radical (unpaired) electrons. The highest BCUT2D eigenvalue weighted by atomic mass is 32.2. The van der Waals surface area contributed by atoms with Crippen LogP contribution in [0.5, 0.6) is 5.75 Å². The van der Waals surface area contributed by atoms with Gasteiger partial charge in [-0.3, -0.25) is 4.79 Å². The van der Waals surface area contributed by atoms with Crippen LogP contribution in [0.2, 0.25) is 0 Å². The zero-order chi connectivity index (χ0) is 13.2. The van der Waals surface area contributed by atoms with E-state index in [1.165, 1.54) is 18.2 Å². The smallest absolute Gasteiger partial charge is 0.320 e. The molecule has 0 aromatic heterocycles. The van der Waals surface area contributed by atoms with Crippen LogP contribution < -0.4 is 5.73 Å². The summed E-state index contributed by atoms with van der Waals surface area (Å²) in [5, 5.41) is 18.2. The minimum atomic E-state index is -3.54. The van der Waals surface area contributed by atoms with E-state index >= 15 is 0 Å². The quantitative estimate of drug-likeness (QED) is 0.686. The van der Waals surface area contributed by atoms with E-state index in [1.54, 1.807) is 0 Å². The third-order valence-electron chi connectivity index (χ3n) is 2.25. The van der Waals surface area contributed by atoms with Crippen LogP contribution in [0.3, 0.4) is 0 Å². The molecule has 4 N–H and O–H groups in total. The van der Waals surface area contributed by atoms with Crippen molar-refractivity contribution < 1.29 is 23.4 Å². The fraction of sp³-hybridized carbons (Fsp3) is 0.300. The fourth-order valence-corrected chi connectivity index (χ4v) is 2.38. The number of aromatic hydroxyl groups is 1. The van der Waals surface area contributed by atoms with Crippen LogP contribution in [0.4, 0.5) is 0 Å². The molecule has 0 saturated heterocycles. The summed E-state index contributed by atoms with van der Waals surface area (Å²) in [6, 6.07) is 2.71. The Kier molecular flexibility index (Phi) is 3.74. The van der Waals surface area contributed by atoms with Gasteiger partial charge in [0.2, 0.25) is 0 Å². The number of carboxylic acid groups (broad SMARTS) is 1. The molecule has 6 nitrogen and oxygen atoms in total. The number of phenols is 1. The van der Waals surface area contributed by atoms with Gasteiger partial charge in [0.25, 0.3) is 0 Å². The fourth-order valence-electron chi connectivity index (χ4n) is 1.41. The molecule has 1 atom stereocenters. The van der Waals surface area contributed by atoms with Gasteiger partial charge in [0.1, 0.15) is 11.8 Å². The molecule has 1 rings (SSSR count). The van der Waals surface area contributed by atoms with Gasteiger partial charge in [-0.2, -0.15) is 0 Å². The molecule has 0 heterocycles. The second kappa shape index (κ2) is 4.72. The van der Waals surface area contributed by atoms with Crippen molar-refractivity contribution in [3.05, 3.63) is 23.8 Å². The zero-order valence-corrected chi connectivity index (χ0v) is 9.94. The van der Waals surface area contributed by atoms with E-state index in [9.17, 15) is 18.3 Å². The number of hydrogen-bond acceptors (Lipinski definition) is 5. The molecule has 0 aliphatic carbocycles. The van der Waals surface area contributed by atoms with Crippen molar-refractivity contribution in [3.8, 4) is 5.75 Å². The Labute approximate surface area is 98.6 Å². The van der Waals surface area contributed by atoms with Gasteiger partial charge in [-0.05, 0) is 12.1 Å². The van der Waals surface area contributed by atoms with Crippen LogP contribution in [-0.4, -0.2) is 36.9 Å². The van der Waals surface area contributed by atoms with Crippen LogP contribution in [0.1, 0.15) is 5.56 Å². The average Bonchev–Trinajstić information content (AvgIpc) is 2.18. The van der Waals surface area contributed by atoms with Gasteiger partial charge < -0.3 is 15.9 Å². The topological polar surface area (TPSA) is 118 Å². The van der Waals surface area contributed by atoms with Crippen molar-refractivity contribution in [1.29, 1.82) is 0 Å². The van der Waals surface area contributed by atoms with Gasteiger partial charge in [0, 0.05) is 18.2 Å². The van der Waals surface area contributed by atoms with E-state index in [-0.39, 0.29) is 22.6 Å². The first-order valence-corrected chi connectivity index (χ1v) is 6.62. The van der Waals surface area contributed by atoms with Gasteiger partial charge in [0.05, 0.1) is 4.90 Å². The molecule has 0 aliphatic heterocycles. The van der Waals surface area contributed by atoms with Gasteiger partial charge in [0.15, 0.2) is 9.84 Å². The molecule has 1 unspecified atom stereocenters. The van der Waals surface area contributed by atoms with E-state index in [1.807, 2.05) is 0 Å². The van der Waals surface area contributed by atoms with Gasteiger partial charge >= 0.3 is 5.97 Å². The molecular weight excluding hydrogens is 246 g/mol. The maximum Gasteiger partial charge on any atom is 0.320 e. The second-order valence-electron chi connectivity index (χ2n) is 3.67. The lowest BCUT2D eigenvalue weighted by Crippen LogP contribution is -2.32. The monoisotopic (exact) mass is 259 g/mol. The third kappa shape index (κ3) is 3.18. The van der Waals surface area contributed by atoms with Crippen molar-refractivity contribution in [2.45, 2.75) is 17.4 Å². The van der Waals surface area contributed by atoms with E-state index < -0.39 is 21.8 Å². The maximum atomic E-state index is 11.5. The van der Waals surface area contributed by atoms with Gasteiger partial charge in [-0.15, -0.1) is 0 Å². The number of sulfone groups is 1. The van der Waals surface area contributed by atoms with Crippen LogP contribution in [-0.2, 0) is 21.1 Å². The second-order valence-corrected chi connectivity index (χ2v) is 5.66. The standard InChI is InChI=1S/C10H13NO5S/c1-17(15,16)9-4-2-3-8(12)6(9)5-7(11)10(13)14/h2-4,7,12H,5,11H2,1H3,(H,13,14). The predicted molar refractivity (Wildman–Crippen MR) is 60.5 cm³/mol. The molecule has 7 heteroatoms. The molecule has 0 amide bonds. The highest BCUT2D eigenvalue weighted by molar-refractivity contribution is 7.90. The molecule has 1 aromatic rings. The minimum absolute atomic E-state index is 0.0323. The highest BCUT2D eigenvalue weighted by Gasteiger charge is 2.21. The number of nitrogens with two attached hydrogens (primary N) is 1. The normalized spacial score (nSPS) is 13.3. The Bertz CT molecular complexity index is 538. The number of benzene rings is 1. The van der Waals surface area contributed by atoms with Gasteiger partial charge in [-0.1, -0.05) is 6.07 Å².